The Kier molecular flexibility index (Phi) is 32.5. The van der Waals surface area contributed by atoms with E-state index in [2.05, 4.69) is 72.7 Å². The number of rotatable bonds is 7. The summed E-state index contributed by atoms with van der Waals surface area (Å²) >= 11 is 34.8. The first-order chi connectivity index (χ1) is 35.3. The summed E-state index contributed by atoms with van der Waals surface area (Å²) in [6, 6.07) is 37.1. The largest absolute Gasteiger partial charge is 0.207 e. The number of hydrogen-bond acceptors (Lipinski definition) is 0. The monoisotopic (exact) mass is 1170 g/mol. The summed E-state index contributed by atoms with van der Waals surface area (Å²) < 4.78 is 76.2. The number of halogens is 12. The minimum Gasteiger partial charge on any atom is -0.207 e. The molecule has 0 saturated carbocycles. The van der Waals surface area contributed by atoms with Crippen LogP contribution in [-0.2, 0) is 0 Å². The summed E-state index contributed by atoms with van der Waals surface area (Å²) in [4.78, 5) is 0. The molecule has 0 unspecified atom stereocenters. The molecule has 0 aliphatic rings. The van der Waals surface area contributed by atoms with E-state index in [4.69, 9.17) is 69.6 Å². The fraction of sp³-hybridized carbons (Fsp3) is 0.344. The lowest BCUT2D eigenvalue weighted by atomic mass is 10.0. The fourth-order valence-electron chi connectivity index (χ4n) is 6.64. The lowest BCUT2D eigenvalue weighted by Gasteiger charge is -2.07. The third-order valence-corrected chi connectivity index (χ3v) is 12.9. The summed E-state index contributed by atoms with van der Waals surface area (Å²) in [6.07, 6.45) is 0. The minimum atomic E-state index is -0.767. The Morgan fingerprint density at radius 2 is 0.711 bits per heavy atom. The second kappa shape index (κ2) is 35.4. The molecule has 7 rings (SSSR count). The molecule has 76 heavy (non-hydrogen) atoms. The van der Waals surface area contributed by atoms with Crippen LogP contribution in [0.15, 0.2) is 133 Å². The van der Waals surface area contributed by atoms with Crippen LogP contribution in [-0.4, -0.2) is 0 Å². The molecule has 7 aromatic rings. The van der Waals surface area contributed by atoms with Crippen LogP contribution in [0.4, 0.5) is 26.3 Å². The summed E-state index contributed by atoms with van der Waals surface area (Å²) in [5, 5.41) is 3.80. The van der Waals surface area contributed by atoms with Gasteiger partial charge >= 0.3 is 0 Å². The summed E-state index contributed by atoms with van der Waals surface area (Å²) in [7, 11) is 0. The van der Waals surface area contributed by atoms with E-state index < -0.39 is 23.3 Å². The number of benzene rings is 7. The van der Waals surface area contributed by atoms with Crippen molar-refractivity contribution < 1.29 is 26.3 Å². The normalized spacial score (nSPS) is 10.6. The van der Waals surface area contributed by atoms with Crippen LogP contribution in [0.5, 0.6) is 0 Å². The van der Waals surface area contributed by atoms with E-state index in [1.807, 2.05) is 79.7 Å². The average molecular weight is 1170 g/mol. The lowest BCUT2D eigenvalue weighted by molar-refractivity contribution is 0.494. The first kappa shape index (κ1) is 69.9. The van der Waals surface area contributed by atoms with E-state index in [-0.39, 0.29) is 29.4 Å². The Bertz CT molecular complexity index is 2570. The zero-order valence-electron chi connectivity index (χ0n) is 46.3. The van der Waals surface area contributed by atoms with Crippen LogP contribution in [0.25, 0.3) is 0 Å². The van der Waals surface area contributed by atoms with Crippen LogP contribution in [0.1, 0.15) is 183 Å². The Hall–Kier alpha value is -4.14. The molecule has 0 N–H and O–H groups in total. The van der Waals surface area contributed by atoms with Crippen LogP contribution >= 0.6 is 69.6 Å². The van der Waals surface area contributed by atoms with Gasteiger partial charge in [0.25, 0.3) is 0 Å². The number of hydrogen-bond donors (Lipinski definition) is 0. The van der Waals surface area contributed by atoms with Gasteiger partial charge < -0.3 is 0 Å². The molecule has 0 atom stereocenters. The highest BCUT2D eigenvalue weighted by Gasteiger charge is 2.11. The maximum Gasteiger partial charge on any atom is 0.162 e. The first-order valence-corrected chi connectivity index (χ1v) is 27.4. The SMILES string of the molecule is CC(C)c1cc(Cl)cc(Cl)c1.CC(C)c1cc(Cl)ccc1F.CC(C)c1cc(F)cc(Cl)c1.CC(C)c1cc(F)cc(F)c1.CC(C)c1cccc(Cl)c1Cl.CC(C)c1cccc(F)c1F.Cc1cccc(C(C)C)c1. The van der Waals surface area contributed by atoms with Crippen molar-refractivity contribution in [2.45, 2.75) is 145 Å². The zero-order valence-corrected chi connectivity index (χ0v) is 50.8. The molecule has 0 amide bonds. The molecule has 0 radical (unpaired) electrons. The van der Waals surface area contributed by atoms with E-state index in [1.165, 1.54) is 53.1 Å². The van der Waals surface area contributed by atoms with Crippen LogP contribution in [0, 0.1) is 41.8 Å². The van der Waals surface area contributed by atoms with Gasteiger partial charge in [0.1, 0.15) is 23.3 Å². The van der Waals surface area contributed by atoms with Crippen molar-refractivity contribution in [2.75, 3.05) is 0 Å². The van der Waals surface area contributed by atoms with Gasteiger partial charge in [-0.2, -0.15) is 0 Å². The first-order valence-electron chi connectivity index (χ1n) is 25.1. The highest BCUT2D eigenvalue weighted by molar-refractivity contribution is 6.42. The highest BCUT2D eigenvalue weighted by Crippen LogP contribution is 2.31. The van der Waals surface area contributed by atoms with E-state index in [0.29, 0.717) is 70.5 Å². The van der Waals surface area contributed by atoms with E-state index in [1.54, 1.807) is 36.4 Å². The minimum absolute atomic E-state index is 0.0331. The smallest absolute Gasteiger partial charge is 0.162 e. The predicted molar refractivity (Wildman–Crippen MR) is 318 cm³/mol. The lowest BCUT2D eigenvalue weighted by Crippen LogP contribution is -1.95. The molecule has 0 aliphatic carbocycles. The maximum absolute atomic E-state index is 13.0. The average Bonchev–Trinajstić information content (AvgIpc) is 3.31. The molecule has 0 aromatic heterocycles. The third-order valence-electron chi connectivity index (χ3n) is 11.2. The van der Waals surface area contributed by atoms with Crippen molar-refractivity contribution in [3.05, 3.63) is 243 Å². The third kappa shape index (κ3) is 27.0. The van der Waals surface area contributed by atoms with Crippen molar-refractivity contribution in [3.8, 4) is 0 Å². The molecule has 0 nitrogen and oxygen atoms in total. The van der Waals surface area contributed by atoms with Gasteiger partial charge in [-0.1, -0.05) is 221 Å². The van der Waals surface area contributed by atoms with Gasteiger partial charge in [-0.15, -0.1) is 0 Å². The van der Waals surface area contributed by atoms with Gasteiger partial charge in [-0.25, -0.2) is 26.3 Å². The second-order valence-corrected chi connectivity index (χ2v) is 22.6. The van der Waals surface area contributed by atoms with Gasteiger partial charge in [-0.05, 0) is 166 Å². The second-order valence-electron chi connectivity index (χ2n) is 20.1. The topological polar surface area (TPSA) is 0 Å². The molecule has 0 heterocycles. The zero-order chi connectivity index (χ0) is 58.1. The van der Waals surface area contributed by atoms with Crippen molar-refractivity contribution in [1.29, 1.82) is 0 Å². The van der Waals surface area contributed by atoms with Crippen LogP contribution in [0.3, 0.4) is 0 Å². The molecular formula is C64H74Cl6F6. The molecular weight excluding hydrogens is 1100 g/mol. The Labute approximate surface area is 481 Å². The molecule has 0 fully saturated rings. The molecule has 414 valence electrons. The van der Waals surface area contributed by atoms with Crippen LogP contribution in [0.2, 0.25) is 30.1 Å². The summed E-state index contributed by atoms with van der Waals surface area (Å²) in [5.74, 6) is -0.665. The summed E-state index contributed by atoms with van der Waals surface area (Å²) in [6.45, 7) is 30.3. The molecule has 12 heteroatoms. The number of aryl methyl sites for hydroxylation is 1. The summed E-state index contributed by atoms with van der Waals surface area (Å²) in [5.41, 5.74) is 7.83. The van der Waals surface area contributed by atoms with Crippen LogP contribution < -0.4 is 0 Å². The van der Waals surface area contributed by atoms with E-state index >= 15 is 0 Å². The van der Waals surface area contributed by atoms with Crippen molar-refractivity contribution in [3.63, 3.8) is 0 Å². The van der Waals surface area contributed by atoms with Crippen molar-refractivity contribution in [1.82, 2.24) is 0 Å². The van der Waals surface area contributed by atoms with E-state index in [0.717, 1.165) is 23.3 Å². The fourth-order valence-corrected chi connectivity index (χ4v) is 8.12. The Balaban J connectivity index is 0.000000443. The maximum atomic E-state index is 13.0. The van der Waals surface area contributed by atoms with Gasteiger partial charge in [-0.3, -0.25) is 0 Å². The molecule has 0 spiro atoms. The standard InChI is InChI=1S/C10H14.2C9H10Cl2.2C9H10ClF.2C9H10F2/c1-8(2)10-6-4-5-9(3)7-10;1-6(2)7-3-8(10)5-9(11)4-7;1-6(2)7-4-3-5-8(10)9(7)11;1-6(2)7-3-8(10)5-9(11)4-7;1-6(2)8-5-7(10)3-4-9(8)11;1-6(2)7-3-8(10)5-9(11)4-7;1-6(2)7-4-3-5-8(10)9(7)11/h4-8H,1-3H3;6*3-6H,1-2H3. The Morgan fingerprint density at radius 1 is 0.303 bits per heavy atom. The quantitative estimate of drug-likeness (QED) is 0.140. The Morgan fingerprint density at radius 3 is 1.11 bits per heavy atom. The molecule has 0 aliphatic heterocycles. The molecule has 7 aromatic carbocycles. The van der Waals surface area contributed by atoms with Gasteiger partial charge in [0.05, 0.1) is 10.0 Å². The van der Waals surface area contributed by atoms with Crippen molar-refractivity contribution in [2.24, 2.45) is 0 Å². The van der Waals surface area contributed by atoms with Gasteiger partial charge in [0.2, 0.25) is 0 Å². The molecule has 0 saturated heterocycles. The highest BCUT2D eigenvalue weighted by atomic mass is 35.5. The van der Waals surface area contributed by atoms with E-state index in [9.17, 15) is 26.3 Å². The van der Waals surface area contributed by atoms with Gasteiger partial charge in [0, 0.05) is 26.2 Å². The van der Waals surface area contributed by atoms with Crippen molar-refractivity contribution >= 4 is 69.6 Å². The van der Waals surface area contributed by atoms with Gasteiger partial charge in [0.15, 0.2) is 11.6 Å². The predicted octanol–water partition coefficient (Wildman–Crippen LogP) is 24.7. The molecule has 0 bridgehead atoms.